The van der Waals surface area contributed by atoms with Crippen molar-refractivity contribution in [3.63, 3.8) is 0 Å². The molecule has 1 heterocycles. The van der Waals surface area contributed by atoms with Gasteiger partial charge in [-0.2, -0.15) is 0 Å². The van der Waals surface area contributed by atoms with Crippen LogP contribution in [0.25, 0.3) is 21.8 Å². The molecule has 2 aromatic carbocycles. The van der Waals surface area contributed by atoms with Crippen LogP contribution in [0.4, 0.5) is 4.79 Å². The molecule has 6 nitrogen and oxygen atoms in total. The van der Waals surface area contributed by atoms with Crippen LogP contribution >= 0.6 is 22.9 Å². The molecule has 3 aromatic rings. The average Bonchev–Trinajstić information content (AvgIpc) is 3.26. The molecule has 29 heavy (non-hydrogen) atoms. The molecule has 0 saturated heterocycles. The summed E-state index contributed by atoms with van der Waals surface area (Å²) in [6.45, 7) is 0.578. The zero-order valence-corrected chi connectivity index (χ0v) is 17.7. The second-order valence-corrected chi connectivity index (χ2v) is 7.22. The minimum absolute atomic E-state index is 0.193. The second-order valence-electron chi connectivity index (χ2n) is 5.98. The van der Waals surface area contributed by atoms with Gasteiger partial charge < -0.3 is 19.5 Å². The van der Waals surface area contributed by atoms with Gasteiger partial charge in [-0.1, -0.05) is 24.3 Å². The van der Waals surface area contributed by atoms with E-state index >= 15 is 0 Å². The number of carbonyl (C=O) groups is 1. The largest absolute Gasteiger partial charge is 0.493 e. The Labute approximate surface area is 178 Å². The lowest BCUT2D eigenvalue weighted by atomic mass is 10.1. The van der Waals surface area contributed by atoms with Crippen molar-refractivity contribution in [2.45, 2.75) is 6.54 Å². The van der Waals surface area contributed by atoms with Crippen LogP contribution in [0.1, 0.15) is 5.56 Å². The highest BCUT2D eigenvalue weighted by Crippen LogP contribution is 2.34. The topological polar surface area (TPSA) is 69.7 Å². The van der Waals surface area contributed by atoms with Gasteiger partial charge in [0.1, 0.15) is 11.6 Å². The van der Waals surface area contributed by atoms with Gasteiger partial charge in [0.2, 0.25) is 0 Å². The Morgan fingerprint density at radius 1 is 1.07 bits per heavy atom. The monoisotopic (exact) mass is 432 g/mol. The van der Waals surface area contributed by atoms with E-state index < -0.39 is 6.09 Å². The molecule has 3 rings (SSSR count). The first kappa shape index (κ1) is 21.0. The molecule has 1 aromatic heterocycles. The quantitative estimate of drug-likeness (QED) is 0.509. The Morgan fingerprint density at radius 2 is 1.79 bits per heavy atom. The van der Waals surface area contributed by atoms with E-state index in [0.29, 0.717) is 18.0 Å². The van der Waals surface area contributed by atoms with Crippen LogP contribution in [-0.4, -0.2) is 37.8 Å². The number of thiazole rings is 1. The van der Waals surface area contributed by atoms with Gasteiger partial charge in [0, 0.05) is 23.1 Å². The Kier molecular flexibility index (Phi) is 7.32. The van der Waals surface area contributed by atoms with E-state index in [-0.39, 0.29) is 12.5 Å². The fourth-order valence-electron chi connectivity index (χ4n) is 2.66. The summed E-state index contributed by atoms with van der Waals surface area (Å²) in [7, 11) is 3.22. The molecular weight excluding hydrogens is 412 g/mol. The summed E-state index contributed by atoms with van der Waals surface area (Å²) in [5.74, 6) is 1.63. The molecule has 0 saturated carbocycles. The SMILES string of the molecule is COc1ccc(-c2csc(-c3ccc(CNC(=O)OCCCl)cc3)n2)cc1OC. The Balaban J connectivity index is 1.68. The third-order valence-corrected chi connectivity index (χ3v) is 5.18. The fraction of sp³-hybridized carbons (Fsp3) is 0.238. The smallest absolute Gasteiger partial charge is 0.407 e. The standard InChI is InChI=1S/C21H21ClN2O4S/c1-26-18-8-7-16(11-19(18)27-2)17-13-29-20(24-17)15-5-3-14(4-6-15)12-23-21(25)28-10-9-22/h3-8,11,13H,9-10,12H2,1-2H3,(H,23,25). The van der Waals surface area contributed by atoms with E-state index in [1.807, 2.05) is 47.8 Å². The number of amides is 1. The molecule has 1 N–H and O–H groups in total. The normalized spacial score (nSPS) is 10.4. The predicted octanol–water partition coefficient (Wildman–Crippen LogP) is 4.96. The van der Waals surface area contributed by atoms with Crippen molar-refractivity contribution in [3.8, 4) is 33.3 Å². The number of ether oxygens (including phenoxy) is 3. The zero-order chi connectivity index (χ0) is 20.6. The number of rotatable bonds is 8. The number of hydrogen-bond donors (Lipinski definition) is 1. The predicted molar refractivity (Wildman–Crippen MR) is 115 cm³/mol. The van der Waals surface area contributed by atoms with Crippen molar-refractivity contribution in [1.82, 2.24) is 10.3 Å². The maximum Gasteiger partial charge on any atom is 0.407 e. The minimum Gasteiger partial charge on any atom is -0.493 e. The molecule has 152 valence electrons. The lowest BCUT2D eigenvalue weighted by molar-refractivity contribution is 0.152. The number of methoxy groups -OCH3 is 2. The number of carbonyl (C=O) groups excluding carboxylic acids is 1. The van der Waals surface area contributed by atoms with Gasteiger partial charge in [-0.15, -0.1) is 22.9 Å². The number of benzene rings is 2. The van der Waals surface area contributed by atoms with Crippen LogP contribution in [0, 0.1) is 0 Å². The lowest BCUT2D eigenvalue weighted by Gasteiger charge is -2.08. The minimum atomic E-state index is -0.478. The van der Waals surface area contributed by atoms with Gasteiger partial charge in [-0.3, -0.25) is 0 Å². The van der Waals surface area contributed by atoms with Crippen LogP contribution in [0.15, 0.2) is 47.8 Å². The number of alkyl carbamates (subject to hydrolysis) is 1. The zero-order valence-electron chi connectivity index (χ0n) is 16.1. The molecule has 0 bridgehead atoms. The highest BCUT2D eigenvalue weighted by Gasteiger charge is 2.11. The van der Waals surface area contributed by atoms with E-state index in [1.165, 1.54) is 0 Å². The van der Waals surface area contributed by atoms with E-state index in [0.717, 1.165) is 27.4 Å². The first-order valence-corrected chi connectivity index (χ1v) is 10.3. The highest BCUT2D eigenvalue weighted by atomic mass is 35.5. The van der Waals surface area contributed by atoms with Gasteiger partial charge in [-0.05, 0) is 23.8 Å². The maximum atomic E-state index is 11.5. The van der Waals surface area contributed by atoms with Crippen molar-refractivity contribution < 1.29 is 19.0 Å². The summed E-state index contributed by atoms with van der Waals surface area (Å²) in [5, 5.41) is 5.61. The maximum absolute atomic E-state index is 11.5. The fourth-order valence-corrected chi connectivity index (χ4v) is 3.57. The third-order valence-electron chi connectivity index (χ3n) is 4.13. The van der Waals surface area contributed by atoms with Crippen molar-refractivity contribution in [2.75, 3.05) is 26.7 Å². The molecule has 0 fully saturated rings. The van der Waals surface area contributed by atoms with Crippen molar-refractivity contribution >= 4 is 29.0 Å². The summed E-state index contributed by atoms with van der Waals surface area (Å²) in [4.78, 5) is 16.2. The van der Waals surface area contributed by atoms with Crippen LogP contribution in [0.3, 0.4) is 0 Å². The molecule has 1 amide bonds. The Morgan fingerprint density at radius 3 is 2.48 bits per heavy atom. The Bertz CT molecular complexity index is 960. The number of hydrogen-bond acceptors (Lipinski definition) is 6. The summed E-state index contributed by atoms with van der Waals surface area (Å²) in [6, 6.07) is 13.6. The van der Waals surface area contributed by atoms with E-state index in [9.17, 15) is 4.79 Å². The van der Waals surface area contributed by atoms with Crippen LogP contribution in [0.2, 0.25) is 0 Å². The average molecular weight is 433 g/mol. The van der Waals surface area contributed by atoms with Crippen LogP contribution in [0.5, 0.6) is 11.5 Å². The molecule has 0 atom stereocenters. The molecule has 0 aliphatic rings. The van der Waals surface area contributed by atoms with Gasteiger partial charge >= 0.3 is 6.09 Å². The molecule has 8 heteroatoms. The highest BCUT2D eigenvalue weighted by molar-refractivity contribution is 7.13. The van der Waals surface area contributed by atoms with Gasteiger partial charge in [0.15, 0.2) is 11.5 Å². The van der Waals surface area contributed by atoms with E-state index in [4.69, 9.17) is 30.8 Å². The van der Waals surface area contributed by atoms with Crippen molar-refractivity contribution in [2.24, 2.45) is 0 Å². The molecule has 0 unspecified atom stereocenters. The number of aromatic nitrogens is 1. The first-order valence-electron chi connectivity index (χ1n) is 8.88. The van der Waals surface area contributed by atoms with E-state index in [1.54, 1.807) is 25.6 Å². The second kappa shape index (κ2) is 10.1. The number of halogens is 1. The van der Waals surface area contributed by atoms with Crippen molar-refractivity contribution in [3.05, 3.63) is 53.4 Å². The summed E-state index contributed by atoms with van der Waals surface area (Å²) < 4.78 is 15.5. The molecular formula is C21H21ClN2O4S. The van der Waals surface area contributed by atoms with Crippen LogP contribution < -0.4 is 14.8 Å². The van der Waals surface area contributed by atoms with Gasteiger partial charge in [-0.25, -0.2) is 9.78 Å². The van der Waals surface area contributed by atoms with Crippen molar-refractivity contribution in [1.29, 1.82) is 0 Å². The summed E-state index contributed by atoms with van der Waals surface area (Å²) in [5.41, 5.74) is 3.81. The number of alkyl halides is 1. The third kappa shape index (κ3) is 5.40. The lowest BCUT2D eigenvalue weighted by Crippen LogP contribution is -2.24. The molecule has 0 spiro atoms. The first-order chi connectivity index (χ1) is 14.1. The number of nitrogens with zero attached hydrogens (tertiary/aromatic N) is 1. The molecule has 0 aliphatic heterocycles. The Hall–Kier alpha value is -2.77. The van der Waals surface area contributed by atoms with E-state index in [2.05, 4.69) is 5.32 Å². The molecule has 0 radical (unpaired) electrons. The van der Waals surface area contributed by atoms with Gasteiger partial charge in [0.05, 0.1) is 25.8 Å². The van der Waals surface area contributed by atoms with Gasteiger partial charge in [0.25, 0.3) is 0 Å². The van der Waals surface area contributed by atoms with Crippen LogP contribution in [-0.2, 0) is 11.3 Å². The summed E-state index contributed by atoms with van der Waals surface area (Å²) >= 11 is 7.05. The molecule has 0 aliphatic carbocycles. The number of nitrogens with one attached hydrogen (secondary N) is 1. The summed E-state index contributed by atoms with van der Waals surface area (Å²) in [6.07, 6.45) is -0.478.